The van der Waals surface area contributed by atoms with Gasteiger partial charge < -0.3 is 9.80 Å². The van der Waals surface area contributed by atoms with E-state index in [1.54, 1.807) is 0 Å². The van der Waals surface area contributed by atoms with Crippen LogP contribution in [0.1, 0.15) is 61.8 Å². The quantitative estimate of drug-likeness (QED) is 0.222. The summed E-state index contributed by atoms with van der Waals surface area (Å²) in [6, 6.07) is 44.6. The van der Waals surface area contributed by atoms with Crippen LogP contribution in [0.3, 0.4) is 0 Å². The molecule has 0 bridgehead atoms. The Labute approximate surface area is 244 Å². The molecule has 0 saturated carbocycles. The monoisotopic (exact) mass is 532 g/mol. The van der Waals surface area contributed by atoms with Crippen LogP contribution in [0.4, 0.5) is 11.4 Å². The molecule has 7 rings (SSSR count). The van der Waals surface area contributed by atoms with Crippen molar-refractivity contribution in [1.82, 2.24) is 0 Å². The third-order valence-electron chi connectivity index (χ3n) is 8.58. The van der Waals surface area contributed by atoms with Gasteiger partial charge in [-0.3, -0.25) is 0 Å². The molecule has 41 heavy (non-hydrogen) atoms. The van der Waals surface area contributed by atoms with Crippen LogP contribution in [0.25, 0.3) is 33.6 Å². The van der Waals surface area contributed by atoms with Crippen molar-refractivity contribution in [1.29, 1.82) is 0 Å². The molecule has 0 radical (unpaired) electrons. The number of anilines is 2. The van der Waals surface area contributed by atoms with Crippen molar-refractivity contribution < 1.29 is 0 Å². The number of fused-ring (bicyclic) bond motifs is 6. The Balaban J connectivity index is 1.52. The number of nitrogens with zero attached hydrogens (tertiary/aromatic N) is 2. The molecule has 0 amide bonds. The molecule has 5 aromatic rings. The molecule has 2 aliphatic heterocycles. The molecule has 0 aromatic heterocycles. The van der Waals surface area contributed by atoms with Crippen LogP contribution in [0.5, 0.6) is 0 Å². The van der Waals surface area contributed by atoms with E-state index < -0.39 is 0 Å². The Hall–Kier alpha value is -4.56. The third-order valence-corrected chi connectivity index (χ3v) is 8.58. The average Bonchev–Trinajstić information content (AvgIpc) is 3.42. The predicted octanol–water partition coefficient (Wildman–Crippen LogP) is 10.4. The van der Waals surface area contributed by atoms with Crippen LogP contribution in [-0.2, 0) is 0 Å². The summed E-state index contributed by atoms with van der Waals surface area (Å²) in [6.07, 6.45) is 0. The zero-order valence-corrected chi connectivity index (χ0v) is 24.3. The summed E-state index contributed by atoms with van der Waals surface area (Å²) in [6.45, 7) is 10.0. The maximum atomic E-state index is 2.51. The van der Waals surface area contributed by atoms with Crippen LogP contribution in [0.2, 0.25) is 0 Å². The fourth-order valence-electron chi connectivity index (χ4n) is 6.67. The Bertz CT molecular complexity index is 1740. The van der Waals surface area contributed by atoms with Crippen LogP contribution in [-0.4, -0.2) is 6.67 Å². The van der Waals surface area contributed by atoms with Crippen LogP contribution in [0.15, 0.2) is 121 Å². The second-order valence-electron chi connectivity index (χ2n) is 11.8. The molecule has 2 heteroatoms. The number of para-hydroxylation sites is 2. The molecule has 5 aromatic carbocycles. The summed E-state index contributed by atoms with van der Waals surface area (Å²) in [4.78, 5) is 4.98. The molecule has 0 aliphatic carbocycles. The first-order chi connectivity index (χ1) is 20.0. The lowest BCUT2D eigenvalue weighted by Crippen LogP contribution is -2.28. The van der Waals surface area contributed by atoms with Gasteiger partial charge in [0, 0.05) is 22.4 Å². The van der Waals surface area contributed by atoms with Crippen molar-refractivity contribution in [3.8, 4) is 22.3 Å². The van der Waals surface area contributed by atoms with Crippen molar-refractivity contribution in [3.63, 3.8) is 0 Å². The molecular weight excluding hydrogens is 496 g/mol. The maximum absolute atomic E-state index is 2.51. The number of benzene rings is 5. The number of hydrogen-bond acceptors (Lipinski definition) is 2. The first-order valence-electron chi connectivity index (χ1n) is 14.8. The number of hydrogen-bond donors (Lipinski definition) is 0. The lowest BCUT2D eigenvalue weighted by molar-refractivity contribution is 0.838. The van der Waals surface area contributed by atoms with E-state index in [-0.39, 0.29) is 0 Å². The highest BCUT2D eigenvalue weighted by molar-refractivity contribution is 6.12. The molecule has 0 fully saturated rings. The fraction of sp³-hybridized carbons (Fsp3) is 0.179. The summed E-state index contributed by atoms with van der Waals surface area (Å²) >= 11 is 0. The molecular formula is C39H36N2. The lowest BCUT2D eigenvalue weighted by Gasteiger charge is -2.32. The molecule has 0 N–H and O–H groups in total. The van der Waals surface area contributed by atoms with Gasteiger partial charge in [-0.05, 0) is 63.9 Å². The summed E-state index contributed by atoms with van der Waals surface area (Å²) in [5.74, 6) is 0.897. The zero-order valence-electron chi connectivity index (χ0n) is 24.3. The van der Waals surface area contributed by atoms with E-state index >= 15 is 0 Å². The highest BCUT2D eigenvalue weighted by Gasteiger charge is 2.38. The Morgan fingerprint density at radius 3 is 1.80 bits per heavy atom. The molecule has 2 aliphatic rings. The van der Waals surface area contributed by atoms with E-state index in [2.05, 4.69) is 159 Å². The maximum Gasteiger partial charge on any atom is 0.100 e. The van der Waals surface area contributed by atoms with E-state index in [9.17, 15) is 0 Å². The van der Waals surface area contributed by atoms with Crippen LogP contribution >= 0.6 is 0 Å². The standard InChI is InChI=1S/C39H36N2/c1-26(2)31-19-13-20-32(27(3)4)37(31)29-22-23-34-35(24-29)33-18-11-12-21-36(33)41-25-40(30-16-9-6-10-17-30)38(39(34)41)28-14-7-5-8-15-28/h5-24,26-27H,25H2,1-4H3. The lowest BCUT2D eigenvalue weighted by atomic mass is 9.82. The van der Waals surface area contributed by atoms with Gasteiger partial charge in [-0.25, -0.2) is 0 Å². The molecule has 2 nitrogen and oxygen atoms in total. The fourth-order valence-corrected chi connectivity index (χ4v) is 6.67. The molecule has 0 unspecified atom stereocenters. The molecule has 0 saturated heterocycles. The highest BCUT2D eigenvalue weighted by Crippen LogP contribution is 2.52. The van der Waals surface area contributed by atoms with Gasteiger partial charge in [0.25, 0.3) is 0 Å². The van der Waals surface area contributed by atoms with E-state index in [0.717, 1.165) is 6.67 Å². The minimum absolute atomic E-state index is 0.448. The van der Waals surface area contributed by atoms with Crippen molar-refractivity contribution in [2.24, 2.45) is 0 Å². The molecule has 202 valence electrons. The molecule has 0 atom stereocenters. The second-order valence-corrected chi connectivity index (χ2v) is 11.8. The first kappa shape index (κ1) is 25.4. The second kappa shape index (κ2) is 10.1. The minimum Gasteiger partial charge on any atom is -0.321 e. The van der Waals surface area contributed by atoms with Gasteiger partial charge >= 0.3 is 0 Å². The van der Waals surface area contributed by atoms with Crippen LogP contribution < -0.4 is 9.80 Å². The Morgan fingerprint density at radius 2 is 1.12 bits per heavy atom. The van der Waals surface area contributed by atoms with Crippen molar-refractivity contribution in [2.75, 3.05) is 16.5 Å². The first-order valence-corrected chi connectivity index (χ1v) is 14.8. The van der Waals surface area contributed by atoms with Gasteiger partial charge in [-0.15, -0.1) is 0 Å². The smallest absolute Gasteiger partial charge is 0.100 e. The number of rotatable bonds is 5. The Kier molecular flexibility index (Phi) is 6.27. The summed E-state index contributed by atoms with van der Waals surface area (Å²) in [7, 11) is 0. The minimum atomic E-state index is 0.448. The predicted molar refractivity (Wildman–Crippen MR) is 175 cm³/mol. The van der Waals surface area contributed by atoms with E-state index in [0.29, 0.717) is 11.8 Å². The normalized spacial score (nSPS) is 14.0. The van der Waals surface area contributed by atoms with Gasteiger partial charge in [-0.1, -0.05) is 125 Å². The van der Waals surface area contributed by atoms with Crippen LogP contribution in [0, 0.1) is 0 Å². The van der Waals surface area contributed by atoms with E-state index in [4.69, 9.17) is 0 Å². The van der Waals surface area contributed by atoms with Gasteiger partial charge in [0.05, 0.1) is 17.1 Å². The zero-order chi connectivity index (χ0) is 28.1. The van der Waals surface area contributed by atoms with Gasteiger partial charge in [0.1, 0.15) is 6.67 Å². The van der Waals surface area contributed by atoms with E-state index in [1.807, 2.05) is 0 Å². The molecule has 2 heterocycles. The van der Waals surface area contributed by atoms with Crippen molar-refractivity contribution in [2.45, 2.75) is 39.5 Å². The SMILES string of the molecule is CC(C)c1cccc(C(C)C)c1-c1ccc2c(c1)-c1ccccc1N1CN(c3ccccc3)C(c3ccccc3)=C21. The highest BCUT2D eigenvalue weighted by atomic mass is 15.4. The van der Waals surface area contributed by atoms with Gasteiger partial charge in [0.2, 0.25) is 0 Å². The van der Waals surface area contributed by atoms with E-state index in [1.165, 1.54) is 67.3 Å². The average molecular weight is 533 g/mol. The van der Waals surface area contributed by atoms with Crippen molar-refractivity contribution >= 4 is 22.8 Å². The summed E-state index contributed by atoms with van der Waals surface area (Å²) in [5, 5.41) is 0. The summed E-state index contributed by atoms with van der Waals surface area (Å²) < 4.78 is 0. The molecule has 0 spiro atoms. The topological polar surface area (TPSA) is 6.48 Å². The van der Waals surface area contributed by atoms with Gasteiger partial charge in [0.15, 0.2) is 0 Å². The van der Waals surface area contributed by atoms with Gasteiger partial charge in [-0.2, -0.15) is 0 Å². The third kappa shape index (κ3) is 4.17. The Morgan fingerprint density at radius 1 is 0.488 bits per heavy atom. The largest absolute Gasteiger partial charge is 0.321 e. The summed E-state index contributed by atoms with van der Waals surface area (Å²) in [5.41, 5.74) is 15.7. The van der Waals surface area contributed by atoms with Crippen molar-refractivity contribution in [3.05, 3.63) is 144 Å².